The zero-order valence-corrected chi connectivity index (χ0v) is 7.70. The van der Waals surface area contributed by atoms with Crippen LogP contribution in [-0.4, -0.2) is 25.6 Å². The van der Waals surface area contributed by atoms with Crippen LogP contribution in [0.4, 0.5) is 4.39 Å². The van der Waals surface area contributed by atoms with E-state index >= 15 is 0 Å². The van der Waals surface area contributed by atoms with Gasteiger partial charge in [0.2, 0.25) is 10.0 Å². The molecule has 4 N–H and O–H groups in total. The number of halogens is 1. The highest BCUT2D eigenvalue weighted by molar-refractivity contribution is 7.89. The Kier molecular flexibility index (Phi) is 2.91. The summed E-state index contributed by atoms with van der Waals surface area (Å²) < 4.78 is 34.4. The van der Waals surface area contributed by atoms with E-state index in [0.29, 0.717) is 6.07 Å². The van der Waals surface area contributed by atoms with E-state index in [9.17, 15) is 12.8 Å². The van der Waals surface area contributed by atoms with E-state index in [2.05, 4.69) is 0 Å². The lowest BCUT2D eigenvalue weighted by atomic mass is 9.80. The molecule has 0 heterocycles. The molecule has 0 bridgehead atoms. The van der Waals surface area contributed by atoms with Crippen LogP contribution >= 0.6 is 0 Å². The molecular formula is C6H7BFNO4S. The number of hydrogen-bond acceptors (Lipinski definition) is 4. The second-order valence-electron chi connectivity index (χ2n) is 2.64. The molecule has 0 aliphatic carbocycles. The van der Waals surface area contributed by atoms with Gasteiger partial charge in [-0.25, -0.2) is 17.9 Å². The quantitative estimate of drug-likeness (QED) is 0.508. The minimum absolute atomic E-state index is 0.269. The van der Waals surface area contributed by atoms with Gasteiger partial charge >= 0.3 is 7.12 Å². The summed E-state index contributed by atoms with van der Waals surface area (Å²) >= 11 is 0. The number of hydrogen-bond donors (Lipinski definition) is 3. The van der Waals surface area contributed by atoms with Gasteiger partial charge in [-0.15, -0.1) is 0 Å². The van der Waals surface area contributed by atoms with Crippen LogP contribution in [0.2, 0.25) is 0 Å². The van der Waals surface area contributed by atoms with Crippen LogP contribution in [0.15, 0.2) is 23.1 Å². The summed E-state index contributed by atoms with van der Waals surface area (Å²) in [6.07, 6.45) is 0. The van der Waals surface area contributed by atoms with E-state index in [0.717, 1.165) is 12.1 Å². The molecule has 0 aliphatic heterocycles. The lowest BCUT2D eigenvalue weighted by Gasteiger charge is -2.03. The highest BCUT2D eigenvalue weighted by Crippen LogP contribution is 2.06. The summed E-state index contributed by atoms with van der Waals surface area (Å²) in [5, 5.41) is 22.1. The number of primary sulfonamides is 1. The molecule has 14 heavy (non-hydrogen) atoms. The van der Waals surface area contributed by atoms with Gasteiger partial charge in [-0.1, -0.05) is 0 Å². The average molecular weight is 219 g/mol. The van der Waals surface area contributed by atoms with Gasteiger partial charge in [-0.05, 0) is 23.7 Å². The monoisotopic (exact) mass is 219 g/mol. The van der Waals surface area contributed by atoms with Crippen LogP contribution in [0.1, 0.15) is 0 Å². The Morgan fingerprint density at radius 2 is 1.86 bits per heavy atom. The molecule has 0 saturated carbocycles. The Hall–Kier alpha value is -0.955. The van der Waals surface area contributed by atoms with Gasteiger partial charge in [0.1, 0.15) is 5.82 Å². The van der Waals surface area contributed by atoms with Gasteiger partial charge in [0.15, 0.2) is 0 Å². The molecule has 0 fully saturated rings. The molecule has 0 atom stereocenters. The topological polar surface area (TPSA) is 101 Å². The number of sulfonamides is 1. The van der Waals surface area contributed by atoms with Gasteiger partial charge in [-0.3, -0.25) is 0 Å². The van der Waals surface area contributed by atoms with Crippen LogP contribution in [0.25, 0.3) is 0 Å². The molecule has 0 aliphatic rings. The van der Waals surface area contributed by atoms with Crippen molar-refractivity contribution in [1.29, 1.82) is 0 Å². The summed E-state index contributed by atoms with van der Waals surface area (Å²) in [5.74, 6) is -0.903. The van der Waals surface area contributed by atoms with Crippen molar-refractivity contribution in [3.63, 3.8) is 0 Å². The van der Waals surface area contributed by atoms with Crippen molar-refractivity contribution in [3.05, 3.63) is 24.0 Å². The molecular weight excluding hydrogens is 212 g/mol. The van der Waals surface area contributed by atoms with Gasteiger partial charge in [0.25, 0.3) is 0 Å². The van der Waals surface area contributed by atoms with Crippen molar-refractivity contribution in [3.8, 4) is 0 Å². The summed E-state index contributed by atoms with van der Waals surface area (Å²) in [5.41, 5.74) is -0.269. The molecule has 8 heteroatoms. The minimum Gasteiger partial charge on any atom is -0.423 e. The third-order valence-corrected chi connectivity index (χ3v) is 2.41. The SMILES string of the molecule is NS(=O)(=O)c1cc(F)cc(B(O)O)c1. The first kappa shape index (κ1) is 11.1. The summed E-state index contributed by atoms with van der Waals surface area (Å²) in [6.45, 7) is 0. The number of rotatable bonds is 2. The standard InChI is InChI=1S/C6H7BFNO4S/c8-5-1-4(7(10)11)2-6(3-5)14(9,12)13/h1-3,10-11H,(H2,9,12,13). The molecule has 1 aromatic rings. The Labute approximate surface area is 80.2 Å². The van der Waals surface area contributed by atoms with Crippen molar-refractivity contribution < 1.29 is 22.9 Å². The molecule has 0 saturated heterocycles. The van der Waals surface area contributed by atoms with Gasteiger partial charge in [-0.2, -0.15) is 0 Å². The molecule has 0 amide bonds. The molecule has 5 nitrogen and oxygen atoms in total. The van der Waals surface area contributed by atoms with E-state index < -0.39 is 27.9 Å². The first-order chi connectivity index (χ1) is 6.30. The lowest BCUT2D eigenvalue weighted by Crippen LogP contribution is -2.31. The molecule has 1 aromatic carbocycles. The Bertz CT molecular complexity index is 447. The van der Waals surface area contributed by atoms with Crippen LogP contribution in [0, 0.1) is 5.82 Å². The van der Waals surface area contributed by atoms with Crippen LogP contribution in [0.3, 0.4) is 0 Å². The third kappa shape index (κ3) is 2.52. The highest BCUT2D eigenvalue weighted by atomic mass is 32.2. The van der Waals surface area contributed by atoms with E-state index in [1.807, 2.05) is 0 Å². The maximum atomic E-state index is 12.8. The molecule has 0 radical (unpaired) electrons. The maximum Gasteiger partial charge on any atom is 0.488 e. The third-order valence-electron chi connectivity index (χ3n) is 1.52. The minimum atomic E-state index is -4.04. The van der Waals surface area contributed by atoms with Crippen molar-refractivity contribution in [2.75, 3.05) is 0 Å². The lowest BCUT2D eigenvalue weighted by molar-refractivity contribution is 0.425. The summed E-state index contributed by atoms with van der Waals surface area (Å²) in [7, 11) is -5.98. The van der Waals surface area contributed by atoms with Gasteiger partial charge in [0, 0.05) is 0 Å². The maximum absolute atomic E-state index is 12.8. The Balaban J connectivity index is 3.35. The van der Waals surface area contributed by atoms with Crippen LogP contribution < -0.4 is 10.6 Å². The van der Waals surface area contributed by atoms with Crippen molar-refractivity contribution in [2.24, 2.45) is 5.14 Å². The van der Waals surface area contributed by atoms with Gasteiger partial charge in [0.05, 0.1) is 4.90 Å². The zero-order valence-electron chi connectivity index (χ0n) is 6.88. The summed E-state index contributed by atoms with van der Waals surface area (Å²) in [6, 6.07) is 2.39. The fourth-order valence-corrected chi connectivity index (χ4v) is 1.47. The first-order valence-corrected chi connectivity index (χ1v) is 5.05. The van der Waals surface area contributed by atoms with E-state index in [-0.39, 0.29) is 5.46 Å². The highest BCUT2D eigenvalue weighted by Gasteiger charge is 2.17. The molecule has 76 valence electrons. The van der Waals surface area contributed by atoms with E-state index in [1.54, 1.807) is 0 Å². The normalized spacial score (nSPS) is 11.4. The zero-order chi connectivity index (χ0) is 10.9. The summed E-state index contributed by atoms with van der Waals surface area (Å²) in [4.78, 5) is -0.499. The molecule has 0 aromatic heterocycles. The first-order valence-electron chi connectivity index (χ1n) is 3.50. The van der Waals surface area contributed by atoms with E-state index in [4.69, 9.17) is 15.2 Å². The largest absolute Gasteiger partial charge is 0.488 e. The van der Waals surface area contributed by atoms with Crippen LogP contribution in [-0.2, 0) is 10.0 Å². The Morgan fingerprint density at radius 1 is 1.29 bits per heavy atom. The van der Waals surface area contributed by atoms with Crippen molar-refractivity contribution >= 4 is 22.6 Å². The second-order valence-corrected chi connectivity index (χ2v) is 4.20. The van der Waals surface area contributed by atoms with Crippen molar-refractivity contribution in [1.82, 2.24) is 0 Å². The molecule has 1 rings (SSSR count). The fourth-order valence-electron chi connectivity index (χ4n) is 0.898. The van der Waals surface area contributed by atoms with Crippen molar-refractivity contribution in [2.45, 2.75) is 4.90 Å². The average Bonchev–Trinajstić information content (AvgIpc) is 2.01. The predicted molar refractivity (Wildman–Crippen MR) is 47.6 cm³/mol. The predicted octanol–water partition coefficient (Wildman–Crippen LogP) is -1.85. The smallest absolute Gasteiger partial charge is 0.423 e. The van der Waals surface area contributed by atoms with Gasteiger partial charge < -0.3 is 10.0 Å². The fraction of sp³-hybridized carbons (Fsp3) is 0. The second kappa shape index (κ2) is 3.66. The number of nitrogens with two attached hydrogens (primary N) is 1. The number of benzene rings is 1. The van der Waals surface area contributed by atoms with Crippen LogP contribution in [0.5, 0.6) is 0 Å². The molecule has 0 unspecified atom stereocenters. The molecule has 0 spiro atoms. The van der Waals surface area contributed by atoms with E-state index in [1.165, 1.54) is 0 Å². The Morgan fingerprint density at radius 3 is 2.29 bits per heavy atom.